The molecule has 2 N–H and O–H groups in total. The highest BCUT2D eigenvalue weighted by Crippen LogP contribution is 2.24. The second-order valence-corrected chi connectivity index (χ2v) is 6.65. The molecule has 0 radical (unpaired) electrons. The molecular formula is C22H26N4O. The molecule has 0 spiro atoms. The highest BCUT2D eigenvalue weighted by Gasteiger charge is 2.08. The summed E-state index contributed by atoms with van der Waals surface area (Å²) in [5.74, 6) is 2.71. The Hall–Kier alpha value is -2.92. The van der Waals surface area contributed by atoms with Gasteiger partial charge < -0.3 is 15.4 Å². The van der Waals surface area contributed by atoms with Crippen molar-refractivity contribution in [2.75, 3.05) is 30.9 Å². The average Bonchev–Trinajstić information content (AvgIpc) is 2.69. The zero-order chi connectivity index (χ0) is 19.1. The lowest BCUT2D eigenvalue weighted by atomic mass is 10.0. The SMILES string of the molecule is COCCNc1cc(Nc2ccc(C(C)C)cc2)nc(-c2ccccc2)n1. The molecule has 0 atom stereocenters. The van der Waals surface area contributed by atoms with Crippen molar-refractivity contribution >= 4 is 17.3 Å². The Bertz CT molecular complexity index is 848. The van der Waals surface area contributed by atoms with Gasteiger partial charge in [0.2, 0.25) is 0 Å². The van der Waals surface area contributed by atoms with Crippen molar-refractivity contribution in [1.82, 2.24) is 9.97 Å². The zero-order valence-electron chi connectivity index (χ0n) is 16.1. The number of methoxy groups -OCH3 is 1. The Morgan fingerprint density at radius 1 is 0.926 bits per heavy atom. The van der Waals surface area contributed by atoms with E-state index in [0.29, 0.717) is 24.9 Å². The minimum atomic E-state index is 0.513. The van der Waals surface area contributed by atoms with Gasteiger partial charge in [0.05, 0.1) is 6.61 Å². The Labute approximate surface area is 160 Å². The van der Waals surface area contributed by atoms with E-state index in [4.69, 9.17) is 9.72 Å². The van der Waals surface area contributed by atoms with E-state index in [-0.39, 0.29) is 0 Å². The lowest BCUT2D eigenvalue weighted by molar-refractivity contribution is 0.210. The molecule has 5 heteroatoms. The van der Waals surface area contributed by atoms with Gasteiger partial charge >= 0.3 is 0 Å². The van der Waals surface area contributed by atoms with Crippen LogP contribution in [-0.2, 0) is 4.74 Å². The second-order valence-electron chi connectivity index (χ2n) is 6.65. The number of rotatable bonds is 8. The summed E-state index contributed by atoms with van der Waals surface area (Å²) < 4.78 is 5.11. The van der Waals surface area contributed by atoms with Crippen LogP contribution in [0.25, 0.3) is 11.4 Å². The number of anilines is 3. The number of aromatic nitrogens is 2. The van der Waals surface area contributed by atoms with Crippen molar-refractivity contribution in [2.45, 2.75) is 19.8 Å². The topological polar surface area (TPSA) is 59.1 Å². The third-order valence-corrected chi connectivity index (χ3v) is 4.22. The normalized spacial score (nSPS) is 10.8. The highest BCUT2D eigenvalue weighted by atomic mass is 16.5. The smallest absolute Gasteiger partial charge is 0.163 e. The number of benzene rings is 2. The molecule has 140 valence electrons. The zero-order valence-corrected chi connectivity index (χ0v) is 16.1. The monoisotopic (exact) mass is 362 g/mol. The lowest BCUT2D eigenvalue weighted by Crippen LogP contribution is -2.10. The van der Waals surface area contributed by atoms with Crippen LogP contribution in [-0.4, -0.2) is 30.2 Å². The molecule has 0 unspecified atom stereocenters. The molecule has 0 amide bonds. The summed E-state index contributed by atoms with van der Waals surface area (Å²) in [7, 11) is 1.69. The van der Waals surface area contributed by atoms with Gasteiger partial charge in [-0.2, -0.15) is 0 Å². The van der Waals surface area contributed by atoms with Gasteiger partial charge in [0.25, 0.3) is 0 Å². The Kier molecular flexibility index (Phi) is 6.39. The van der Waals surface area contributed by atoms with E-state index >= 15 is 0 Å². The van der Waals surface area contributed by atoms with Crippen LogP contribution in [0.3, 0.4) is 0 Å². The maximum absolute atomic E-state index is 5.11. The summed E-state index contributed by atoms with van der Waals surface area (Å²) in [5, 5.41) is 6.68. The van der Waals surface area contributed by atoms with E-state index in [2.05, 4.69) is 53.7 Å². The largest absolute Gasteiger partial charge is 0.383 e. The molecule has 2 aromatic carbocycles. The molecule has 0 fully saturated rings. The maximum Gasteiger partial charge on any atom is 0.163 e. The van der Waals surface area contributed by atoms with Crippen molar-refractivity contribution in [2.24, 2.45) is 0 Å². The fraction of sp³-hybridized carbons (Fsp3) is 0.273. The van der Waals surface area contributed by atoms with Crippen LogP contribution in [0.4, 0.5) is 17.3 Å². The van der Waals surface area contributed by atoms with Gasteiger partial charge in [-0.25, -0.2) is 9.97 Å². The molecule has 5 nitrogen and oxygen atoms in total. The van der Waals surface area contributed by atoms with E-state index < -0.39 is 0 Å². The van der Waals surface area contributed by atoms with Gasteiger partial charge in [-0.1, -0.05) is 56.3 Å². The number of nitrogens with zero attached hydrogens (tertiary/aromatic N) is 2. The van der Waals surface area contributed by atoms with E-state index in [0.717, 1.165) is 22.9 Å². The number of hydrogen-bond acceptors (Lipinski definition) is 5. The van der Waals surface area contributed by atoms with Crippen molar-refractivity contribution in [3.05, 3.63) is 66.2 Å². The van der Waals surface area contributed by atoms with Crippen LogP contribution >= 0.6 is 0 Å². The van der Waals surface area contributed by atoms with Crippen LogP contribution < -0.4 is 10.6 Å². The number of ether oxygens (including phenoxy) is 1. The first kappa shape index (κ1) is 18.9. The Morgan fingerprint density at radius 3 is 2.30 bits per heavy atom. The summed E-state index contributed by atoms with van der Waals surface area (Å²) in [6.07, 6.45) is 0. The molecule has 27 heavy (non-hydrogen) atoms. The molecular weight excluding hydrogens is 336 g/mol. The predicted octanol–water partition coefficient (Wildman–Crippen LogP) is 5.07. The average molecular weight is 362 g/mol. The van der Waals surface area contributed by atoms with Crippen molar-refractivity contribution in [3.8, 4) is 11.4 Å². The molecule has 0 saturated heterocycles. The highest BCUT2D eigenvalue weighted by molar-refractivity contribution is 5.65. The summed E-state index contributed by atoms with van der Waals surface area (Å²) in [6, 6.07) is 20.3. The maximum atomic E-state index is 5.11. The quantitative estimate of drug-likeness (QED) is 0.548. The van der Waals surface area contributed by atoms with Gasteiger partial charge in [0, 0.05) is 31.0 Å². The minimum absolute atomic E-state index is 0.513. The van der Waals surface area contributed by atoms with E-state index in [1.165, 1.54) is 5.56 Å². The van der Waals surface area contributed by atoms with Gasteiger partial charge in [0.1, 0.15) is 11.6 Å². The third kappa shape index (κ3) is 5.28. The predicted molar refractivity (Wildman–Crippen MR) is 112 cm³/mol. The summed E-state index contributed by atoms with van der Waals surface area (Å²) in [5.41, 5.74) is 3.29. The molecule has 0 aliphatic rings. The van der Waals surface area contributed by atoms with Gasteiger partial charge in [-0.15, -0.1) is 0 Å². The molecule has 1 heterocycles. The third-order valence-electron chi connectivity index (χ3n) is 4.22. The van der Waals surface area contributed by atoms with E-state index in [9.17, 15) is 0 Å². The van der Waals surface area contributed by atoms with Crippen molar-refractivity contribution in [1.29, 1.82) is 0 Å². The molecule has 0 bridgehead atoms. The standard InChI is InChI=1S/C22H26N4O/c1-16(2)17-9-11-19(12-10-17)24-21-15-20(23-13-14-27-3)25-22(26-21)18-7-5-4-6-8-18/h4-12,15-16H,13-14H2,1-3H3,(H2,23,24,25,26). The first-order valence-corrected chi connectivity index (χ1v) is 9.20. The minimum Gasteiger partial charge on any atom is -0.383 e. The molecule has 3 rings (SSSR count). The lowest BCUT2D eigenvalue weighted by Gasteiger charge is -2.12. The molecule has 3 aromatic rings. The van der Waals surface area contributed by atoms with Crippen LogP contribution in [0.1, 0.15) is 25.3 Å². The number of hydrogen-bond donors (Lipinski definition) is 2. The first-order valence-electron chi connectivity index (χ1n) is 9.20. The van der Waals surface area contributed by atoms with Gasteiger partial charge in [-0.05, 0) is 23.6 Å². The Morgan fingerprint density at radius 2 is 1.63 bits per heavy atom. The van der Waals surface area contributed by atoms with Gasteiger partial charge in [0.15, 0.2) is 5.82 Å². The summed E-state index contributed by atoms with van der Waals surface area (Å²) in [6.45, 7) is 5.68. The van der Waals surface area contributed by atoms with Crippen molar-refractivity contribution in [3.63, 3.8) is 0 Å². The molecule has 1 aromatic heterocycles. The van der Waals surface area contributed by atoms with Crippen molar-refractivity contribution < 1.29 is 4.74 Å². The first-order chi connectivity index (χ1) is 13.2. The van der Waals surface area contributed by atoms with E-state index in [1.54, 1.807) is 7.11 Å². The second kappa shape index (κ2) is 9.14. The van der Waals surface area contributed by atoms with Crippen LogP contribution in [0.2, 0.25) is 0 Å². The van der Waals surface area contributed by atoms with Crippen LogP contribution in [0.5, 0.6) is 0 Å². The molecule has 0 aliphatic carbocycles. The van der Waals surface area contributed by atoms with E-state index in [1.807, 2.05) is 36.4 Å². The summed E-state index contributed by atoms with van der Waals surface area (Å²) in [4.78, 5) is 9.33. The van der Waals surface area contributed by atoms with Gasteiger partial charge in [-0.3, -0.25) is 0 Å². The van der Waals surface area contributed by atoms with Crippen LogP contribution in [0, 0.1) is 0 Å². The van der Waals surface area contributed by atoms with Crippen LogP contribution in [0.15, 0.2) is 60.7 Å². The fourth-order valence-electron chi connectivity index (χ4n) is 2.70. The fourth-order valence-corrected chi connectivity index (χ4v) is 2.70. The molecule has 0 saturated carbocycles. The number of nitrogens with one attached hydrogen (secondary N) is 2. The summed E-state index contributed by atoms with van der Waals surface area (Å²) >= 11 is 0. The molecule has 0 aliphatic heterocycles. The Balaban J connectivity index is 1.87.